The highest BCUT2D eigenvalue weighted by Crippen LogP contribution is 2.22. The molecule has 2 rings (SSSR count). The molecule has 1 aromatic carbocycles. The van der Waals surface area contributed by atoms with E-state index in [2.05, 4.69) is 31.0 Å². The average molecular weight is 304 g/mol. The predicted octanol–water partition coefficient (Wildman–Crippen LogP) is 3.48. The Balaban J connectivity index is 1.98. The van der Waals surface area contributed by atoms with Gasteiger partial charge in [-0.3, -0.25) is 10.1 Å². The second-order valence-corrected chi connectivity index (χ2v) is 7.02. The average Bonchev–Trinajstić information content (AvgIpc) is 2.47. The predicted molar refractivity (Wildman–Crippen MR) is 90.6 cm³/mol. The fraction of sp³-hybridized carbons (Fsp3) is 0.529. The molecule has 1 heterocycles. The van der Waals surface area contributed by atoms with Gasteiger partial charge >= 0.3 is 0 Å². The van der Waals surface area contributed by atoms with Crippen LogP contribution in [0.2, 0.25) is 0 Å². The lowest BCUT2D eigenvalue weighted by Crippen LogP contribution is -2.44. The molecule has 1 saturated heterocycles. The number of nitrogens with zero attached hydrogens (tertiary/aromatic N) is 1. The number of thiocarbonyl (C=S) groups is 1. The van der Waals surface area contributed by atoms with Crippen molar-refractivity contribution in [2.24, 2.45) is 0 Å². The number of carbonyl (C=O) groups is 1. The molecule has 1 amide bonds. The highest BCUT2D eigenvalue weighted by Gasteiger charge is 2.17. The number of nitrogens with one attached hydrogen (secondary N) is 1. The Kier molecular flexibility index (Phi) is 4.99. The molecule has 0 atom stereocenters. The molecule has 0 saturated carbocycles. The third-order valence-corrected chi connectivity index (χ3v) is 4.24. The van der Waals surface area contributed by atoms with Crippen molar-refractivity contribution in [3.05, 3.63) is 35.4 Å². The first kappa shape index (κ1) is 16.0. The Labute approximate surface area is 132 Å². The number of likely N-dealkylation sites (tertiary alicyclic amines) is 1. The van der Waals surface area contributed by atoms with Crippen LogP contribution in [0, 0.1) is 0 Å². The van der Waals surface area contributed by atoms with Gasteiger partial charge in [0.05, 0.1) is 0 Å². The van der Waals surface area contributed by atoms with E-state index in [1.54, 1.807) is 0 Å². The standard InChI is InChI=1S/C17H24N2OS/c1-17(2,3)14-9-7-13(8-10-14)15(20)18-16(21)19-11-5-4-6-12-19/h7-10H,4-6,11-12H2,1-3H3,(H,18,20,21). The van der Waals surface area contributed by atoms with Gasteiger partial charge in [-0.25, -0.2) is 0 Å². The summed E-state index contributed by atoms with van der Waals surface area (Å²) in [6, 6.07) is 7.77. The molecule has 0 spiro atoms. The van der Waals surface area contributed by atoms with Crippen molar-refractivity contribution in [3.8, 4) is 0 Å². The minimum atomic E-state index is -0.119. The van der Waals surface area contributed by atoms with Gasteiger partial charge in [0.25, 0.3) is 5.91 Å². The largest absolute Gasteiger partial charge is 0.349 e. The van der Waals surface area contributed by atoms with E-state index in [0.29, 0.717) is 10.7 Å². The summed E-state index contributed by atoms with van der Waals surface area (Å²) < 4.78 is 0. The van der Waals surface area contributed by atoms with Crippen molar-refractivity contribution in [3.63, 3.8) is 0 Å². The fourth-order valence-electron chi connectivity index (χ4n) is 2.47. The van der Waals surface area contributed by atoms with E-state index in [1.165, 1.54) is 12.0 Å². The maximum Gasteiger partial charge on any atom is 0.257 e. The number of carbonyl (C=O) groups excluding carboxylic acids is 1. The molecule has 0 aromatic heterocycles. The maximum absolute atomic E-state index is 12.2. The van der Waals surface area contributed by atoms with Gasteiger partial charge in [0, 0.05) is 18.7 Å². The lowest BCUT2D eigenvalue weighted by Gasteiger charge is -2.28. The van der Waals surface area contributed by atoms with E-state index in [4.69, 9.17) is 12.2 Å². The van der Waals surface area contributed by atoms with E-state index in [9.17, 15) is 4.79 Å². The monoisotopic (exact) mass is 304 g/mol. The van der Waals surface area contributed by atoms with Gasteiger partial charge in [-0.1, -0.05) is 32.9 Å². The Hall–Kier alpha value is -1.42. The SMILES string of the molecule is CC(C)(C)c1ccc(C(=O)NC(=S)N2CCCCC2)cc1. The number of rotatable bonds is 1. The van der Waals surface area contributed by atoms with Crippen molar-refractivity contribution in [2.75, 3.05) is 13.1 Å². The highest BCUT2D eigenvalue weighted by atomic mass is 32.1. The van der Waals surface area contributed by atoms with Crippen molar-refractivity contribution >= 4 is 23.2 Å². The van der Waals surface area contributed by atoms with Crippen molar-refractivity contribution in [1.82, 2.24) is 10.2 Å². The molecule has 1 fully saturated rings. The summed E-state index contributed by atoms with van der Waals surface area (Å²) in [4.78, 5) is 14.3. The van der Waals surface area contributed by atoms with Crippen LogP contribution in [0.4, 0.5) is 0 Å². The van der Waals surface area contributed by atoms with Crippen LogP contribution < -0.4 is 5.32 Å². The highest BCUT2D eigenvalue weighted by molar-refractivity contribution is 7.80. The molecule has 0 aliphatic carbocycles. The van der Waals surface area contributed by atoms with Gasteiger partial charge in [-0.2, -0.15) is 0 Å². The molecule has 114 valence electrons. The fourth-order valence-corrected chi connectivity index (χ4v) is 2.74. The molecule has 0 unspecified atom stereocenters. The van der Waals surface area contributed by atoms with Crippen LogP contribution in [0.15, 0.2) is 24.3 Å². The molecule has 0 radical (unpaired) electrons. The Morgan fingerprint density at radius 1 is 1.10 bits per heavy atom. The van der Waals surface area contributed by atoms with Crippen LogP contribution in [0.25, 0.3) is 0 Å². The lowest BCUT2D eigenvalue weighted by molar-refractivity contribution is 0.0972. The van der Waals surface area contributed by atoms with E-state index < -0.39 is 0 Å². The lowest BCUT2D eigenvalue weighted by atomic mass is 9.87. The summed E-state index contributed by atoms with van der Waals surface area (Å²) in [7, 11) is 0. The minimum absolute atomic E-state index is 0.0953. The summed E-state index contributed by atoms with van der Waals surface area (Å²) in [6.07, 6.45) is 3.55. The third-order valence-electron chi connectivity index (χ3n) is 3.88. The van der Waals surface area contributed by atoms with Crippen molar-refractivity contribution < 1.29 is 4.79 Å². The van der Waals surface area contributed by atoms with E-state index >= 15 is 0 Å². The smallest absolute Gasteiger partial charge is 0.257 e. The molecular weight excluding hydrogens is 280 g/mol. The van der Waals surface area contributed by atoms with Crippen molar-refractivity contribution in [2.45, 2.75) is 45.4 Å². The topological polar surface area (TPSA) is 32.3 Å². The first-order valence-electron chi connectivity index (χ1n) is 7.59. The summed E-state index contributed by atoms with van der Waals surface area (Å²) >= 11 is 5.33. The van der Waals surface area contributed by atoms with E-state index in [0.717, 1.165) is 25.9 Å². The second kappa shape index (κ2) is 6.56. The van der Waals surface area contributed by atoms with Gasteiger partial charge in [0.15, 0.2) is 5.11 Å². The zero-order valence-corrected chi connectivity index (χ0v) is 13.9. The van der Waals surface area contributed by atoms with Gasteiger partial charge in [0.1, 0.15) is 0 Å². The summed E-state index contributed by atoms with van der Waals surface area (Å²) in [5.74, 6) is -0.119. The molecule has 0 bridgehead atoms. The third kappa shape index (κ3) is 4.27. The molecule has 1 aliphatic rings. The number of hydrogen-bond acceptors (Lipinski definition) is 2. The summed E-state index contributed by atoms with van der Waals surface area (Å²) in [5, 5.41) is 3.40. The Morgan fingerprint density at radius 2 is 1.67 bits per heavy atom. The first-order chi connectivity index (χ1) is 9.88. The number of piperidine rings is 1. The van der Waals surface area contributed by atoms with Gasteiger partial charge in [-0.15, -0.1) is 0 Å². The Morgan fingerprint density at radius 3 is 2.19 bits per heavy atom. The summed E-state index contributed by atoms with van der Waals surface area (Å²) in [6.45, 7) is 8.37. The normalized spacial score (nSPS) is 15.7. The van der Waals surface area contributed by atoms with E-state index in [1.807, 2.05) is 24.3 Å². The molecule has 1 aromatic rings. The van der Waals surface area contributed by atoms with Crippen LogP contribution in [-0.4, -0.2) is 29.0 Å². The molecular formula is C17H24N2OS. The van der Waals surface area contributed by atoms with Crippen LogP contribution in [0.1, 0.15) is 56.0 Å². The van der Waals surface area contributed by atoms with Crippen LogP contribution in [0.5, 0.6) is 0 Å². The number of benzene rings is 1. The van der Waals surface area contributed by atoms with Gasteiger partial charge < -0.3 is 4.90 Å². The van der Waals surface area contributed by atoms with E-state index in [-0.39, 0.29) is 11.3 Å². The zero-order chi connectivity index (χ0) is 15.5. The van der Waals surface area contributed by atoms with Gasteiger partial charge in [-0.05, 0) is 54.6 Å². The van der Waals surface area contributed by atoms with Crippen molar-refractivity contribution in [1.29, 1.82) is 0 Å². The van der Waals surface area contributed by atoms with Gasteiger partial charge in [0.2, 0.25) is 0 Å². The zero-order valence-electron chi connectivity index (χ0n) is 13.1. The number of hydrogen-bond donors (Lipinski definition) is 1. The minimum Gasteiger partial charge on any atom is -0.349 e. The second-order valence-electron chi connectivity index (χ2n) is 6.63. The van der Waals surface area contributed by atoms with Crippen LogP contribution >= 0.6 is 12.2 Å². The number of amides is 1. The molecule has 4 heteroatoms. The first-order valence-corrected chi connectivity index (χ1v) is 7.99. The molecule has 21 heavy (non-hydrogen) atoms. The quantitative estimate of drug-likeness (QED) is 0.806. The Bertz CT molecular complexity index is 511. The molecule has 1 aliphatic heterocycles. The van der Waals surface area contributed by atoms with Crippen LogP contribution in [0.3, 0.4) is 0 Å². The molecule has 1 N–H and O–H groups in total. The molecule has 3 nitrogen and oxygen atoms in total. The van der Waals surface area contributed by atoms with Crippen LogP contribution in [-0.2, 0) is 5.41 Å². The summed E-state index contributed by atoms with van der Waals surface area (Å²) in [5.41, 5.74) is 1.97. The maximum atomic E-state index is 12.2.